The van der Waals surface area contributed by atoms with Crippen LogP contribution in [0.1, 0.15) is 25.8 Å². The van der Waals surface area contributed by atoms with E-state index >= 15 is 0 Å². The fourth-order valence-corrected chi connectivity index (χ4v) is 1.56. The summed E-state index contributed by atoms with van der Waals surface area (Å²) in [4.78, 5) is 5.62. The molecule has 0 bridgehead atoms. The maximum Gasteiger partial charge on any atom is 0.416 e. The second-order valence-electron chi connectivity index (χ2n) is 4.10. The van der Waals surface area contributed by atoms with Gasteiger partial charge in [-0.2, -0.15) is 18.4 Å². The quantitative estimate of drug-likeness (QED) is 0.831. The van der Waals surface area contributed by atoms with Crippen LogP contribution in [0.3, 0.4) is 0 Å². The zero-order valence-electron chi connectivity index (χ0n) is 10.2. The van der Waals surface area contributed by atoms with Crippen LogP contribution >= 0.6 is 0 Å². The summed E-state index contributed by atoms with van der Waals surface area (Å²) in [6, 6.07) is 3.90. The van der Waals surface area contributed by atoms with E-state index in [9.17, 15) is 13.2 Å². The van der Waals surface area contributed by atoms with E-state index < -0.39 is 11.7 Å². The Morgan fingerprint density at radius 1 is 1.44 bits per heavy atom. The molecule has 0 fully saturated rings. The van der Waals surface area contributed by atoms with Gasteiger partial charge in [-0.25, -0.2) is 4.98 Å². The Kier molecular flexibility index (Phi) is 4.54. The van der Waals surface area contributed by atoms with E-state index in [4.69, 9.17) is 5.26 Å². The molecule has 1 rings (SSSR count). The van der Waals surface area contributed by atoms with Gasteiger partial charge in [0.1, 0.15) is 5.82 Å². The van der Waals surface area contributed by atoms with E-state index in [1.54, 1.807) is 4.90 Å². The van der Waals surface area contributed by atoms with E-state index in [0.29, 0.717) is 6.54 Å². The summed E-state index contributed by atoms with van der Waals surface area (Å²) in [6.45, 7) is 4.06. The van der Waals surface area contributed by atoms with E-state index in [2.05, 4.69) is 4.98 Å². The highest BCUT2D eigenvalue weighted by Crippen LogP contribution is 2.31. The van der Waals surface area contributed by atoms with Gasteiger partial charge in [-0.3, -0.25) is 0 Å². The van der Waals surface area contributed by atoms with Gasteiger partial charge < -0.3 is 4.90 Å². The van der Waals surface area contributed by atoms with Gasteiger partial charge in [0.2, 0.25) is 0 Å². The van der Waals surface area contributed by atoms with Crippen molar-refractivity contribution in [3.63, 3.8) is 0 Å². The van der Waals surface area contributed by atoms with Crippen LogP contribution in [0.15, 0.2) is 18.3 Å². The molecule has 0 unspecified atom stereocenters. The van der Waals surface area contributed by atoms with Crippen LogP contribution in [0, 0.1) is 11.3 Å². The minimum Gasteiger partial charge on any atom is -0.353 e. The number of hydrogen-bond donors (Lipinski definition) is 0. The Labute approximate surface area is 104 Å². The maximum atomic E-state index is 12.6. The highest BCUT2D eigenvalue weighted by atomic mass is 19.4. The van der Waals surface area contributed by atoms with Crippen molar-refractivity contribution in [2.75, 3.05) is 11.4 Å². The third-order valence-electron chi connectivity index (χ3n) is 2.45. The van der Waals surface area contributed by atoms with Crippen LogP contribution in [-0.4, -0.2) is 17.6 Å². The fraction of sp³-hybridized carbons (Fsp3) is 0.500. The molecule has 6 heteroatoms. The van der Waals surface area contributed by atoms with Crippen LogP contribution in [-0.2, 0) is 6.18 Å². The van der Waals surface area contributed by atoms with Gasteiger partial charge in [-0.05, 0) is 26.0 Å². The Balaban J connectivity index is 3.03. The lowest BCUT2D eigenvalue weighted by Crippen LogP contribution is -2.32. The molecule has 0 saturated carbocycles. The summed E-state index contributed by atoms with van der Waals surface area (Å²) >= 11 is 0. The Morgan fingerprint density at radius 3 is 2.61 bits per heavy atom. The smallest absolute Gasteiger partial charge is 0.353 e. The van der Waals surface area contributed by atoms with Crippen LogP contribution in [0.2, 0.25) is 0 Å². The minimum absolute atomic E-state index is 0.0191. The van der Waals surface area contributed by atoms with Crippen molar-refractivity contribution in [2.45, 2.75) is 32.5 Å². The molecule has 0 amide bonds. The molecule has 3 nitrogen and oxygen atoms in total. The summed E-state index contributed by atoms with van der Waals surface area (Å²) in [5.41, 5.74) is -0.727. The molecular weight excluding hydrogens is 243 g/mol. The summed E-state index contributed by atoms with van der Waals surface area (Å²) < 4.78 is 37.8. The Morgan fingerprint density at radius 2 is 2.11 bits per heavy atom. The van der Waals surface area contributed by atoms with Crippen LogP contribution < -0.4 is 4.90 Å². The molecule has 0 N–H and O–H groups in total. The molecule has 1 aromatic heterocycles. The molecule has 0 saturated heterocycles. The lowest BCUT2D eigenvalue weighted by atomic mass is 10.2. The monoisotopic (exact) mass is 257 g/mol. The number of aromatic nitrogens is 1. The molecule has 0 spiro atoms. The second-order valence-corrected chi connectivity index (χ2v) is 4.10. The number of pyridine rings is 1. The number of hydrogen-bond acceptors (Lipinski definition) is 3. The molecule has 0 atom stereocenters. The molecule has 1 aromatic rings. The van der Waals surface area contributed by atoms with Gasteiger partial charge in [0.15, 0.2) is 0 Å². The average molecular weight is 257 g/mol. The van der Waals surface area contributed by atoms with Crippen molar-refractivity contribution in [1.82, 2.24) is 4.98 Å². The predicted molar refractivity (Wildman–Crippen MR) is 62.0 cm³/mol. The van der Waals surface area contributed by atoms with Gasteiger partial charge in [0.05, 0.1) is 18.1 Å². The van der Waals surface area contributed by atoms with Gasteiger partial charge in [-0.15, -0.1) is 0 Å². The molecule has 18 heavy (non-hydrogen) atoms. The van der Waals surface area contributed by atoms with Crippen molar-refractivity contribution in [3.05, 3.63) is 23.9 Å². The number of halogens is 3. The number of rotatable bonds is 4. The Bertz CT molecular complexity index is 435. The van der Waals surface area contributed by atoms with Crippen LogP contribution in [0.25, 0.3) is 0 Å². The zero-order valence-corrected chi connectivity index (χ0v) is 10.2. The van der Waals surface area contributed by atoms with Crippen molar-refractivity contribution < 1.29 is 13.2 Å². The average Bonchev–Trinajstić information content (AvgIpc) is 2.28. The molecule has 0 aliphatic heterocycles. The van der Waals surface area contributed by atoms with Crippen LogP contribution in [0.5, 0.6) is 0 Å². The van der Waals surface area contributed by atoms with Crippen molar-refractivity contribution in [1.29, 1.82) is 5.26 Å². The topological polar surface area (TPSA) is 39.9 Å². The third kappa shape index (κ3) is 3.62. The largest absolute Gasteiger partial charge is 0.416 e. The van der Waals surface area contributed by atoms with Gasteiger partial charge in [0, 0.05) is 18.8 Å². The van der Waals surface area contributed by atoms with Crippen molar-refractivity contribution in [3.8, 4) is 6.07 Å². The molecule has 0 aromatic carbocycles. The highest BCUT2D eigenvalue weighted by Gasteiger charge is 2.31. The van der Waals surface area contributed by atoms with E-state index in [1.165, 1.54) is 0 Å². The van der Waals surface area contributed by atoms with Gasteiger partial charge in [0.25, 0.3) is 0 Å². The third-order valence-corrected chi connectivity index (χ3v) is 2.45. The maximum absolute atomic E-state index is 12.6. The molecule has 0 radical (unpaired) electrons. The normalized spacial score (nSPS) is 11.4. The zero-order chi connectivity index (χ0) is 13.8. The minimum atomic E-state index is -4.38. The van der Waals surface area contributed by atoms with Crippen molar-refractivity contribution in [2.24, 2.45) is 0 Å². The molecular formula is C12H14F3N3. The van der Waals surface area contributed by atoms with E-state index in [0.717, 1.165) is 18.3 Å². The SMILES string of the molecule is CC(C)N(CCC#N)c1cc(C(F)(F)F)ccn1. The van der Waals surface area contributed by atoms with Crippen molar-refractivity contribution >= 4 is 5.82 Å². The highest BCUT2D eigenvalue weighted by molar-refractivity contribution is 5.42. The molecule has 1 heterocycles. The first-order valence-corrected chi connectivity index (χ1v) is 5.53. The molecule has 98 valence electrons. The standard InChI is InChI=1S/C12H14F3N3/c1-9(2)18(7-3-5-16)11-8-10(4-6-17-11)12(13,14)15/h4,6,8-9H,3,7H2,1-2H3. The second kappa shape index (κ2) is 5.71. The lowest BCUT2D eigenvalue weighted by Gasteiger charge is -2.27. The lowest BCUT2D eigenvalue weighted by molar-refractivity contribution is -0.137. The molecule has 0 aliphatic rings. The van der Waals surface area contributed by atoms with E-state index in [-0.39, 0.29) is 18.3 Å². The first-order chi connectivity index (χ1) is 8.36. The van der Waals surface area contributed by atoms with Crippen LogP contribution in [0.4, 0.5) is 19.0 Å². The number of alkyl halides is 3. The molecule has 0 aliphatic carbocycles. The number of nitriles is 1. The summed E-state index contributed by atoms with van der Waals surface area (Å²) in [5.74, 6) is 0.245. The number of nitrogens with zero attached hydrogens (tertiary/aromatic N) is 3. The summed E-state index contributed by atoms with van der Waals surface area (Å²) in [7, 11) is 0. The first-order valence-electron chi connectivity index (χ1n) is 5.53. The summed E-state index contributed by atoms with van der Waals surface area (Å²) in [5, 5.41) is 8.55. The Hall–Kier alpha value is -1.77. The fourth-order valence-electron chi connectivity index (χ4n) is 1.56. The number of anilines is 1. The summed E-state index contributed by atoms with van der Waals surface area (Å²) in [6.07, 6.45) is -2.99. The van der Waals surface area contributed by atoms with Gasteiger partial charge >= 0.3 is 6.18 Å². The van der Waals surface area contributed by atoms with Gasteiger partial charge in [-0.1, -0.05) is 0 Å². The predicted octanol–water partition coefficient (Wildman–Crippen LogP) is 3.23. The van der Waals surface area contributed by atoms with E-state index in [1.807, 2.05) is 19.9 Å². The first kappa shape index (κ1) is 14.3.